The Morgan fingerprint density at radius 3 is 2.54 bits per heavy atom. The van der Waals surface area contributed by atoms with E-state index in [1.807, 2.05) is 5.32 Å². The second kappa shape index (κ2) is 12.2. The van der Waals surface area contributed by atoms with Crippen LogP contribution in [0.4, 0.5) is 10.5 Å². The van der Waals surface area contributed by atoms with Crippen LogP contribution in [0, 0.1) is 10.1 Å². The van der Waals surface area contributed by atoms with E-state index in [-0.39, 0.29) is 28.9 Å². The first-order valence-electron chi connectivity index (χ1n) is 9.04. The average molecular weight is 391 g/mol. The number of rotatable bonds is 11. The van der Waals surface area contributed by atoms with E-state index in [1.165, 1.54) is 25.2 Å². The molecule has 0 unspecified atom stereocenters. The quantitative estimate of drug-likeness (QED) is 0.114. The van der Waals surface area contributed by atoms with Gasteiger partial charge in [-0.2, -0.15) is 0 Å². The minimum atomic E-state index is -0.913. The SMILES string of the molecule is CCCCCCCOc1ccc(/C=C(/C=O)C(=O)NC(=O)NC)cc1[N+](=O)[O-]. The monoisotopic (exact) mass is 391 g/mol. The maximum Gasteiger partial charge on any atom is 0.321 e. The van der Waals surface area contributed by atoms with Crippen molar-refractivity contribution < 1.29 is 24.0 Å². The first kappa shape index (κ1) is 22.8. The van der Waals surface area contributed by atoms with Crippen LogP contribution in [-0.2, 0) is 9.59 Å². The topological polar surface area (TPSA) is 128 Å². The average Bonchev–Trinajstić information content (AvgIpc) is 2.68. The molecule has 0 atom stereocenters. The van der Waals surface area contributed by atoms with Crippen molar-refractivity contribution in [1.29, 1.82) is 0 Å². The number of ether oxygens (including phenoxy) is 1. The predicted octanol–water partition coefficient (Wildman–Crippen LogP) is 2.98. The van der Waals surface area contributed by atoms with Crippen LogP contribution < -0.4 is 15.4 Å². The van der Waals surface area contributed by atoms with Gasteiger partial charge in [-0.25, -0.2) is 4.79 Å². The van der Waals surface area contributed by atoms with Gasteiger partial charge in [0.25, 0.3) is 5.91 Å². The first-order chi connectivity index (χ1) is 13.4. The Hall–Kier alpha value is -3.23. The van der Waals surface area contributed by atoms with Crippen LogP contribution in [0.2, 0.25) is 0 Å². The third-order valence-electron chi connectivity index (χ3n) is 3.85. The van der Waals surface area contributed by atoms with Crippen molar-refractivity contribution in [2.24, 2.45) is 0 Å². The van der Waals surface area contributed by atoms with Crippen LogP contribution in [0.25, 0.3) is 6.08 Å². The van der Waals surface area contributed by atoms with Crippen LogP contribution in [-0.4, -0.2) is 36.8 Å². The van der Waals surface area contributed by atoms with Crippen molar-refractivity contribution in [2.45, 2.75) is 39.0 Å². The van der Waals surface area contributed by atoms with Gasteiger partial charge in [-0.3, -0.25) is 25.0 Å². The molecule has 28 heavy (non-hydrogen) atoms. The fraction of sp³-hybridized carbons (Fsp3) is 0.421. The third kappa shape index (κ3) is 7.56. The number of nitro groups is 1. The van der Waals surface area contributed by atoms with Gasteiger partial charge in [-0.15, -0.1) is 0 Å². The molecule has 0 saturated carbocycles. The Balaban J connectivity index is 2.89. The van der Waals surface area contributed by atoms with E-state index in [4.69, 9.17) is 4.74 Å². The molecule has 0 bridgehead atoms. The summed E-state index contributed by atoms with van der Waals surface area (Å²) < 4.78 is 5.52. The Bertz CT molecular complexity index is 745. The zero-order valence-electron chi connectivity index (χ0n) is 16.0. The van der Waals surface area contributed by atoms with Crippen LogP contribution in [0.15, 0.2) is 23.8 Å². The molecule has 2 N–H and O–H groups in total. The van der Waals surface area contributed by atoms with E-state index >= 15 is 0 Å². The molecule has 9 heteroatoms. The minimum absolute atomic E-state index is 0.125. The number of imide groups is 1. The molecule has 0 saturated heterocycles. The highest BCUT2D eigenvalue weighted by atomic mass is 16.6. The van der Waals surface area contributed by atoms with Crippen molar-refractivity contribution in [3.05, 3.63) is 39.4 Å². The lowest BCUT2D eigenvalue weighted by Gasteiger charge is -2.08. The molecule has 1 rings (SSSR count). The second-order valence-corrected chi connectivity index (χ2v) is 6.00. The summed E-state index contributed by atoms with van der Waals surface area (Å²) in [6.07, 6.45) is 6.59. The highest BCUT2D eigenvalue weighted by molar-refractivity contribution is 6.18. The molecule has 0 aliphatic carbocycles. The van der Waals surface area contributed by atoms with Gasteiger partial charge in [0.05, 0.1) is 17.1 Å². The maximum absolute atomic E-state index is 11.9. The predicted molar refractivity (Wildman–Crippen MR) is 104 cm³/mol. The lowest BCUT2D eigenvalue weighted by Crippen LogP contribution is -2.38. The summed E-state index contributed by atoms with van der Waals surface area (Å²) >= 11 is 0. The Kier molecular flexibility index (Phi) is 9.95. The molecule has 0 radical (unpaired) electrons. The lowest BCUT2D eigenvalue weighted by atomic mass is 10.1. The molecule has 152 valence electrons. The van der Waals surface area contributed by atoms with Gasteiger partial charge >= 0.3 is 11.7 Å². The Morgan fingerprint density at radius 2 is 1.93 bits per heavy atom. The first-order valence-corrected chi connectivity index (χ1v) is 9.04. The molecule has 0 spiro atoms. The summed E-state index contributed by atoms with van der Waals surface area (Å²) in [6, 6.07) is 3.36. The maximum atomic E-state index is 11.9. The van der Waals surface area contributed by atoms with E-state index in [1.54, 1.807) is 0 Å². The largest absolute Gasteiger partial charge is 0.487 e. The fourth-order valence-electron chi connectivity index (χ4n) is 2.35. The summed E-state index contributed by atoms with van der Waals surface area (Å²) in [5.74, 6) is -0.787. The molecule has 0 aromatic heterocycles. The number of hydrogen-bond donors (Lipinski definition) is 2. The van der Waals surface area contributed by atoms with E-state index < -0.39 is 16.9 Å². The zero-order chi connectivity index (χ0) is 20.9. The standard InChI is InChI=1S/C19H25N3O6/c1-3-4-5-6-7-10-28-17-9-8-14(12-16(17)22(26)27)11-15(13-23)18(24)21-19(25)20-2/h8-9,11-13H,3-7,10H2,1-2H3,(H2,20,21,24,25)/b15-11-. The van der Waals surface area contributed by atoms with Gasteiger partial charge in [0.2, 0.25) is 0 Å². The zero-order valence-corrected chi connectivity index (χ0v) is 16.0. The van der Waals surface area contributed by atoms with Gasteiger partial charge < -0.3 is 10.1 Å². The van der Waals surface area contributed by atoms with Crippen molar-refractivity contribution in [3.63, 3.8) is 0 Å². The van der Waals surface area contributed by atoms with Crippen molar-refractivity contribution in [2.75, 3.05) is 13.7 Å². The molecule has 9 nitrogen and oxygen atoms in total. The molecule has 0 heterocycles. The highest BCUT2D eigenvalue weighted by Gasteiger charge is 2.17. The molecule has 1 aromatic carbocycles. The molecule has 3 amide bonds. The fourth-order valence-corrected chi connectivity index (χ4v) is 2.35. The number of benzene rings is 1. The molecule has 0 aliphatic heterocycles. The number of nitrogens with zero attached hydrogens (tertiary/aromatic N) is 1. The number of hydrogen-bond acceptors (Lipinski definition) is 6. The number of nitrogens with one attached hydrogen (secondary N) is 2. The van der Waals surface area contributed by atoms with Gasteiger partial charge in [0.15, 0.2) is 12.0 Å². The van der Waals surface area contributed by atoms with E-state index in [0.717, 1.165) is 38.2 Å². The Labute approximate surface area is 163 Å². The summed E-state index contributed by atoms with van der Waals surface area (Å²) in [6.45, 7) is 2.49. The molecular formula is C19H25N3O6. The van der Waals surface area contributed by atoms with Crippen LogP contribution in [0.3, 0.4) is 0 Å². The third-order valence-corrected chi connectivity index (χ3v) is 3.85. The number of unbranched alkanes of at least 4 members (excludes halogenated alkanes) is 4. The van der Waals surface area contributed by atoms with Gasteiger partial charge in [0.1, 0.15) is 0 Å². The van der Waals surface area contributed by atoms with Crippen LogP contribution in [0.1, 0.15) is 44.6 Å². The number of nitro benzene ring substituents is 1. The van der Waals surface area contributed by atoms with E-state index in [9.17, 15) is 24.5 Å². The van der Waals surface area contributed by atoms with Crippen LogP contribution >= 0.6 is 0 Å². The molecule has 0 aliphatic rings. The van der Waals surface area contributed by atoms with Gasteiger partial charge in [0, 0.05) is 13.1 Å². The van der Waals surface area contributed by atoms with E-state index in [0.29, 0.717) is 6.61 Å². The van der Waals surface area contributed by atoms with E-state index in [2.05, 4.69) is 12.2 Å². The van der Waals surface area contributed by atoms with Crippen molar-refractivity contribution >= 4 is 30.0 Å². The minimum Gasteiger partial charge on any atom is -0.487 e. The van der Waals surface area contributed by atoms with Gasteiger partial charge in [-0.05, 0) is 24.1 Å². The summed E-state index contributed by atoms with van der Waals surface area (Å²) in [5, 5.41) is 15.5. The normalized spacial score (nSPS) is 10.9. The second-order valence-electron chi connectivity index (χ2n) is 6.00. The smallest absolute Gasteiger partial charge is 0.321 e. The summed E-state index contributed by atoms with van der Waals surface area (Å²) in [7, 11) is 1.32. The molecule has 0 fully saturated rings. The molecular weight excluding hydrogens is 366 g/mol. The highest BCUT2D eigenvalue weighted by Crippen LogP contribution is 2.29. The summed E-state index contributed by atoms with van der Waals surface area (Å²) in [5.41, 5.74) is -0.349. The Morgan fingerprint density at radius 1 is 1.21 bits per heavy atom. The number of carbonyl (C=O) groups excluding carboxylic acids is 3. The van der Waals surface area contributed by atoms with Gasteiger partial charge in [-0.1, -0.05) is 38.7 Å². The number of amides is 3. The lowest BCUT2D eigenvalue weighted by molar-refractivity contribution is -0.385. The van der Waals surface area contributed by atoms with Crippen LogP contribution in [0.5, 0.6) is 5.75 Å². The number of aldehydes is 1. The number of urea groups is 1. The molecule has 1 aromatic rings. The summed E-state index contributed by atoms with van der Waals surface area (Å²) in [4.78, 5) is 44.9. The number of carbonyl (C=O) groups is 3. The van der Waals surface area contributed by atoms with Crippen molar-refractivity contribution in [3.8, 4) is 5.75 Å². The van der Waals surface area contributed by atoms with Crippen molar-refractivity contribution in [1.82, 2.24) is 10.6 Å².